The minimum Gasteiger partial charge on any atom is -0.0842 e. The van der Waals surface area contributed by atoms with Gasteiger partial charge in [-0.3, -0.25) is 0 Å². The topological polar surface area (TPSA) is 0 Å². The molecule has 2 aromatic carbocycles. The van der Waals surface area contributed by atoms with Gasteiger partial charge in [-0.1, -0.05) is 178 Å². The molecule has 8 aliphatic carbocycles. The molecule has 0 amide bonds. The van der Waals surface area contributed by atoms with Crippen LogP contribution in [0.3, 0.4) is 0 Å². The number of benzene rings is 2. The summed E-state index contributed by atoms with van der Waals surface area (Å²) in [5, 5.41) is 2.85. The van der Waals surface area contributed by atoms with Crippen molar-refractivity contribution in [2.75, 3.05) is 0 Å². The van der Waals surface area contributed by atoms with E-state index in [1.54, 1.807) is 0 Å². The summed E-state index contributed by atoms with van der Waals surface area (Å²) in [4.78, 5) is 0. The van der Waals surface area contributed by atoms with E-state index >= 15 is 0 Å². The van der Waals surface area contributed by atoms with Crippen molar-refractivity contribution < 1.29 is 0 Å². The van der Waals surface area contributed by atoms with Crippen LogP contribution in [0.25, 0.3) is 16.7 Å². The molecule has 0 bridgehead atoms. The molecular formula is C53H48. The molecule has 0 spiro atoms. The molecule has 0 heteroatoms. The predicted octanol–water partition coefficient (Wildman–Crippen LogP) is 11.4. The van der Waals surface area contributed by atoms with Crippen LogP contribution in [-0.2, 0) is 5.41 Å². The average Bonchev–Trinajstić information content (AvgIpc) is 3.44. The summed E-state index contributed by atoms with van der Waals surface area (Å²) in [5.41, 5.74) is 16.5. The fraction of sp³-hybridized carbons (Fsp3) is 0.245. The van der Waals surface area contributed by atoms with Gasteiger partial charge in [-0.25, -0.2) is 0 Å². The Kier molecular flexibility index (Phi) is 7.98. The first-order chi connectivity index (χ1) is 26.1. The summed E-state index contributed by atoms with van der Waals surface area (Å²) in [6.45, 7) is 4.91. The zero-order valence-electron chi connectivity index (χ0n) is 31.0. The summed E-state index contributed by atoms with van der Waals surface area (Å²) in [5.74, 6) is 2.00. The van der Waals surface area contributed by atoms with Gasteiger partial charge in [-0.2, -0.15) is 0 Å². The Labute approximate surface area is 315 Å². The highest BCUT2D eigenvalue weighted by molar-refractivity contribution is 5.85. The van der Waals surface area contributed by atoms with Crippen molar-refractivity contribution in [3.8, 4) is 0 Å². The van der Waals surface area contributed by atoms with Crippen molar-refractivity contribution in [3.05, 3.63) is 219 Å². The summed E-state index contributed by atoms with van der Waals surface area (Å²) in [7, 11) is 0. The Morgan fingerprint density at radius 1 is 0.547 bits per heavy atom. The van der Waals surface area contributed by atoms with Crippen molar-refractivity contribution in [1.29, 1.82) is 0 Å². The maximum Gasteiger partial charge on any atom is 0.0134 e. The molecule has 10 rings (SSSR count). The molecule has 5 atom stereocenters. The standard InChI is InChI=1S/C53H48/c1-53(2)49-23-13-12-18-43(49)44-33-31-39(34-50(44)53)52-47-21-10-8-19-45(47)51(46-20-9-11-22-48(46)52)38-28-25-35(26-29-38)24-27-37-30-32-41(36-14-4-3-5-15-36)42-17-7-6-16-40(37)42/h3-4,6-14,16-25,27-28,30-33,40,42,45,47,50H,5,15,26,29,34H2,1-2H3. The maximum atomic E-state index is 2.49. The van der Waals surface area contributed by atoms with Crippen LogP contribution in [0, 0.1) is 29.6 Å². The number of hydrogen-bond acceptors (Lipinski definition) is 0. The lowest BCUT2D eigenvalue weighted by molar-refractivity contribution is 0.409. The first kappa shape index (κ1) is 32.5. The molecule has 0 aromatic heterocycles. The normalized spacial score (nSPS) is 28.8. The fourth-order valence-corrected chi connectivity index (χ4v) is 10.7. The summed E-state index contributed by atoms with van der Waals surface area (Å²) in [6, 6.07) is 18.4. The van der Waals surface area contributed by atoms with E-state index < -0.39 is 0 Å². The molecule has 2 aromatic rings. The molecule has 0 aliphatic heterocycles. The Bertz CT molecular complexity index is 2460. The number of hydrogen-bond donors (Lipinski definition) is 0. The first-order valence-corrected chi connectivity index (χ1v) is 20.0. The number of fused-ring (bicyclic) bond motifs is 6. The summed E-state index contributed by atoms with van der Waals surface area (Å²) in [6.07, 6.45) is 50.5. The molecular weight excluding hydrogens is 637 g/mol. The highest BCUT2D eigenvalue weighted by atomic mass is 14.5. The highest BCUT2D eigenvalue weighted by Crippen LogP contribution is 2.55. The van der Waals surface area contributed by atoms with Gasteiger partial charge in [0.2, 0.25) is 0 Å². The molecule has 0 fully saturated rings. The lowest BCUT2D eigenvalue weighted by Gasteiger charge is -2.38. The van der Waals surface area contributed by atoms with E-state index in [1.807, 2.05) is 0 Å². The summed E-state index contributed by atoms with van der Waals surface area (Å²) < 4.78 is 0. The van der Waals surface area contributed by atoms with Crippen LogP contribution in [-0.4, -0.2) is 0 Å². The average molecular weight is 685 g/mol. The van der Waals surface area contributed by atoms with Crippen LogP contribution in [0.1, 0.15) is 57.1 Å². The van der Waals surface area contributed by atoms with E-state index in [2.05, 4.69) is 178 Å². The van der Waals surface area contributed by atoms with Gasteiger partial charge >= 0.3 is 0 Å². The molecule has 260 valence electrons. The Balaban J connectivity index is 1.00. The molecule has 0 N–H and O–H groups in total. The second-order valence-corrected chi connectivity index (χ2v) is 16.6. The van der Waals surface area contributed by atoms with Crippen LogP contribution in [0.4, 0.5) is 0 Å². The first-order valence-electron chi connectivity index (χ1n) is 20.0. The van der Waals surface area contributed by atoms with E-state index in [0.717, 1.165) is 32.1 Å². The third kappa shape index (κ3) is 5.41. The summed E-state index contributed by atoms with van der Waals surface area (Å²) >= 11 is 0. The third-order valence-corrected chi connectivity index (χ3v) is 13.5. The second kappa shape index (κ2) is 13.0. The highest BCUT2D eigenvalue weighted by Gasteiger charge is 2.45. The molecule has 53 heavy (non-hydrogen) atoms. The van der Waals surface area contributed by atoms with E-state index in [0.29, 0.717) is 29.6 Å². The monoisotopic (exact) mass is 684 g/mol. The second-order valence-electron chi connectivity index (χ2n) is 16.6. The molecule has 0 radical (unpaired) electrons. The molecule has 0 saturated heterocycles. The minimum atomic E-state index is 0.116. The zero-order chi connectivity index (χ0) is 35.5. The SMILES string of the molecule is CC1(C)c2ccccc2C2=CC=C(C3=c4ccccc4=C(C4=CC=C(C=CC5=CC=C(C6=CC=CCC6)C6C=CC=CC56)CC4)C4C=CC=CC34)CC21. The van der Waals surface area contributed by atoms with E-state index in [-0.39, 0.29) is 5.41 Å². The fourth-order valence-electron chi connectivity index (χ4n) is 10.7. The van der Waals surface area contributed by atoms with Crippen molar-refractivity contribution >= 4 is 16.7 Å². The largest absolute Gasteiger partial charge is 0.0842 e. The Hall–Kier alpha value is -5.20. The zero-order valence-corrected chi connectivity index (χ0v) is 31.0. The molecule has 0 saturated carbocycles. The van der Waals surface area contributed by atoms with Gasteiger partial charge in [-0.15, -0.1) is 0 Å². The van der Waals surface area contributed by atoms with Crippen molar-refractivity contribution in [2.24, 2.45) is 29.6 Å². The van der Waals surface area contributed by atoms with Gasteiger partial charge in [-0.05, 0) is 115 Å². The van der Waals surface area contributed by atoms with Gasteiger partial charge in [0.15, 0.2) is 0 Å². The van der Waals surface area contributed by atoms with Crippen LogP contribution < -0.4 is 10.4 Å². The Morgan fingerprint density at radius 2 is 1.23 bits per heavy atom. The van der Waals surface area contributed by atoms with E-state index in [4.69, 9.17) is 0 Å². The number of allylic oxidation sites excluding steroid dienone is 26. The molecule has 0 heterocycles. The van der Waals surface area contributed by atoms with Gasteiger partial charge in [0.1, 0.15) is 0 Å². The van der Waals surface area contributed by atoms with Gasteiger partial charge in [0.25, 0.3) is 0 Å². The minimum absolute atomic E-state index is 0.116. The Morgan fingerprint density at radius 3 is 1.96 bits per heavy atom. The van der Waals surface area contributed by atoms with E-state index in [1.165, 1.54) is 71.7 Å². The molecule has 0 nitrogen and oxygen atoms in total. The molecule has 8 aliphatic rings. The van der Waals surface area contributed by atoms with Crippen LogP contribution in [0.2, 0.25) is 0 Å². The maximum absolute atomic E-state index is 2.49. The quantitative estimate of drug-likeness (QED) is 0.294. The lowest BCUT2D eigenvalue weighted by atomic mass is 9.65. The van der Waals surface area contributed by atoms with Gasteiger partial charge in [0, 0.05) is 23.7 Å². The predicted molar refractivity (Wildman–Crippen MR) is 224 cm³/mol. The van der Waals surface area contributed by atoms with Gasteiger partial charge < -0.3 is 0 Å². The van der Waals surface area contributed by atoms with Crippen molar-refractivity contribution in [2.45, 2.75) is 51.4 Å². The van der Waals surface area contributed by atoms with Gasteiger partial charge in [0.05, 0.1) is 0 Å². The van der Waals surface area contributed by atoms with Crippen LogP contribution in [0.15, 0.2) is 197 Å². The van der Waals surface area contributed by atoms with Crippen molar-refractivity contribution in [1.82, 2.24) is 0 Å². The third-order valence-electron chi connectivity index (χ3n) is 13.5. The van der Waals surface area contributed by atoms with E-state index in [9.17, 15) is 0 Å². The van der Waals surface area contributed by atoms with Crippen LogP contribution >= 0.6 is 0 Å². The lowest BCUT2D eigenvalue weighted by Crippen LogP contribution is -2.41. The van der Waals surface area contributed by atoms with Crippen molar-refractivity contribution in [3.63, 3.8) is 0 Å². The number of rotatable bonds is 5. The van der Waals surface area contributed by atoms with Crippen LogP contribution in [0.5, 0.6) is 0 Å². The smallest absolute Gasteiger partial charge is 0.0134 e. The molecule has 5 unspecified atom stereocenters.